The van der Waals surface area contributed by atoms with Crippen LogP contribution < -0.4 is 5.32 Å². The molecule has 2 heterocycles. The Morgan fingerprint density at radius 3 is 2.55 bits per heavy atom. The quantitative estimate of drug-likeness (QED) is 0.596. The maximum atomic E-state index is 12.5. The van der Waals surface area contributed by atoms with Gasteiger partial charge < -0.3 is 9.88 Å². The van der Waals surface area contributed by atoms with Gasteiger partial charge in [-0.3, -0.25) is 4.79 Å². The molecule has 1 fully saturated rings. The number of nitrogens with zero attached hydrogens (tertiary/aromatic N) is 1. The first-order valence-corrected chi connectivity index (χ1v) is 11.0. The van der Waals surface area contributed by atoms with Crippen molar-refractivity contribution in [3.05, 3.63) is 70.9 Å². The lowest BCUT2D eigenvalue weighted by atomic mass is 9.76. The SMILES string of the molecule is CC(=O)N[C@]12CCCCCC1C(c1ccc(C)cc1)c1c(C)c3ccccc3n12. The van der Waals surface area contributed by atoms with E-state index in [1.54, 1.807) is 6.92 Å². The van der Waals surface area contributed by atoms with Crippen LogP contribution in [0.4, 0.5) is 0 Å². The third-order valence-electron chi connectivity index (χ3n) is 7.29. The van der Waals surface area contributed by atoms with E-state index in [1.165, 1.54) is 46.1 Å². The average Bonchev–Trinajstić information content (AvgIpc) is 3.04. The lowest BCUT2D eigenvalue weighted by molar-refractivity contribution is -0.123. The molecule has 5 rings (SSSR count). The van der Waals surface area contributed by atoms with Crippen LogP contribution in [0.25, 0.3) is 10.9 Å². The van der Waals surface area contributed by atoms with Crippen molar-refractivity contribution in [1.29, 1.82) is 0 Å². The van der Waals surface area contributed by atoms with Gasteiger partial charge in [0.25, 0.3) is 0 Å². The highest BCUT2D eigenvalue weighted by Gasteiger charge is 2.54. The minimum absolute atomic E-state index is 0.0721. The number of benzene rings is 2. The van der Waals surface area contributed by atoms with Crippen LogP contribution in [0.5, 0.6) is 0 Å². The molecule has 1 aliphatic heterocycles. The molecule has 1 saturated carbocycles. The highest BCUT2D eigenvalue weighted by molar-refractivity contribution is 5.87. The summed E-state index contributed by atoms with van der Waals surface area (Å²) in [6, 6.07) is 17.8. The van der Waals surface area contributed by atoms with E-state index >= 15 is 0 Å². The van der Waals surface area contributed by atoms with Gasteiger partial charge in [0.2, 0.25) is 5.91 Å². The number of rotatable bonds is 2. The lowest BCUT2D eigenvalue weighted by Crippen LogP contribution is -2.52. The number of carbonyl (C=O) groups excluding carboxylic acids is 1. The predicted octanol–water partition coefficient (Wildman–Crippen LogP) is 5.77. The summed E-state index contributed by atoms with van der Waals surface area (Å²) in [5, 5.41) is 4.81. The minimum atomic E-state index is -0.332. The number of carbonyl (C=O) groups is 1. The Bertz CT molecular complexity index is 1080. The summed E-state index contributed by atoms with van der Waals surface area (Å²) in [5.41, 5.74) is 6.36. The molecule has 29 heavy (non-hydrogen) atoms. The van der Waals surface area contributed by atoms with E-state index in [1.807, 2.05) is 0 Å². The molecule has 0 radical (unpaired) electrons. The number of nitrogens with one attached hydrogen (secondary N) is 1. The van der Waals surface area contributed by atoms with E-state index in [0.717, 1.165) is 19.3 Å². The van der Waals surface area contributed by atoms with Gasteiger partial charge in [0.15, 0.2) is 0 Å². The number of aryl methyl sites for hydroxylation is 2. The van der Waals surface area contributed by atoms with Crippen molar-refractivity contribution in [2.75, 3.05) is 0 Å². The molecule has 1 amide bonds. The zero-order valence-corrected chi connectivity index (χ0v) is 17.7. The molecule has 1 aliphatic carbocycles. The summed E-state index contributed by atoms with van der Waals surface area (Å²) in [7, 11) is 0. The van der Waals surface area contributed by atoms with Gasteiger partial charge in [0, 0.05) is 29.8 Å². The van der Waals surface area contributed by atoms with Crippen molar-refractivity contribution in [2.45, 2.75) is 64.5 Å². The van der Waals surface area contributed by atoms with Gasteiger partial charge in [-0.1, -0.05) is 60.9 Å². The first-order chi connectivity index (χ1) is 14.0. The standard InChI is InChI=1S/C26H30N2O/c1-17-12-14-20(15-13-17)24-22-10-5-4-8-16-26(22,27-19(3)29)28-23-11-7-6-9-21(23)18(2)25(24)28/h6-7,9,11-15,22,24H,4-5,8,10,16H2,1-3H3,(H,27,29)/t22?,24?,26-/m0/s1. The van der Waals surface area contributed by atoms with Gasteiger partial charge in [-0.15, -0.1) is 0 Å². The lowest BCUT2D eigenvalue weighted by Gasteiger charge is -2.39. The maximum absolute atomic E-state index is 12.5. The Labute approximate surface area is 173 Å². The Hall–Kier alpha value is -2.55. The molecule has 0 saturated heterocycles. The van der Waals surface area contributed by atoms with Gasteiger partial charge in [-0.05, 0) is 50.3 Å². The van der Waals surface area contributed by atoms with Crippen LogP contribution in [-0.4, -0.2) is 10.5 Å². The van der Waals surface area contributed by atoms with Crippen molar-refractivity contribution in [1.82, 2.24) is 9.88 Å². The first kappa shape index (κ1) is 18.5. The summed E-state index contributed by atoms with van der Waals surface area (Å²) in [5.74, 6) is 0.769. The fourth-order valence-electron chi connectivity index (χ4n) is 6.17. The zero-order valence-electron chi connectivity index (χ0n) is 17.7. The van der Waals surface area contributed by atoms with E-state index in [0.29, 0.717) is 11.8 Å². The fraction of sp³-hybridized carbons (Fsp3) is 0.423. The van der Waals surface area contributed by atoms with Crippen LogP contribution in [-0.2, 0) is 10.5 Å². The third-order valence-corrected chi connectivity index (χ3v) is 7.29. The molecule has 3 atom stereocenters. The second-order valence-corrected chi connectivity index (χ2v) is 9.06. The van der Waals surface area contributed by atoms with E-state index in [2.05, 4.69) is 72.3 Å². The molecule has 2 aromatic carbocycles. The fourth-order valence-corrected chi connectivity index (χ4v) is 6.17. The molecule has 2 unspecified atom stereocenters. The number of fused-ring (bicyclic) bond motifs is 5. The Kier molecular flexibility index (Phi) is 4.31. The van der Waals surface area contributed by atoms with Crippen LogP contribution in [0.15, 0.2) is 48.5 Å². The van der Waals surface area contributed by atoms with Crippen molar-refractivity contribution in [3.63, 3.8) is 0 Å². The summed E-state index contributed by atoms with van der Waals surface area (Å²) < 4.78 is 2.53. The molecule has 1 N–H and O–H groups in total. The van der Waals surface area contributed by atoms with Crippen molar-refractivity contribution in [3.8, 4) is 0 Å². The number of amides is 1. The molecule has 0 spiro atoms. The smallest absolute Gasteiger partial charge is 0.218 e. The normalized spacial score (nSPS) is 26.0. The summed E-state index contributed by atoms with van der Waals surface area (Å²) in [6.45, 7) is 6.09. The Balaban J connectivity index is 1.84. The molecule has 0 bridgehead atoms. The first-order valence-electron chi connectivity index (χ1n) is 11.0. The largest absolute Gasteiger partial charge is 0.333 e. The van der Waals surface area contributed by atoms with Gasteiger partial charge >= 0.3 is 0 Å². The topological polar surface area (TPSA) is 34.0 Å². The van der Waals surface area contributed by atoms with Crippen molar-refractivity contribution in [2.24, 2.45) is 5.92 Å². The van der Waals surface area contributed by atoms with Gasteiger partial charge in [-0.2, -0.15) is 0 Å². The van der Waals surface area contributed by atoms with Gasteiger partial charge in [0.1, 0.15) is 5.66 Å². The number of hydrogen-bond acceptors (Lipinski definition) is 1. The van der Waals surface area contributed by atoms with Crippen LogP contribution in [0.1, 0.15) is 67.3 Å². The van der Waals surface area contributed by atoms with Crippen molar-refractivity contribution < 1.29 is 4.79 Å². The monoisotopic (exact) mass is 386 g/mol. The van der Waals surface area contributed by atoms with Crippen LogP contribution in [0.2, 0.25) is 0 Å². The molecular weight excluding hydrogens is 356 g/mol. The second kappa shape index (κ2) is 6.76. The number of hydrogen-bond donors (Lipinski definition) is 1. The minimum Gasteiger partial charge on any atom is -0.333 e. The summed E-state index contributed by atoms with van der Waals surface area (Å²) >= 11 is 0. The highest BCUT2D eigenvalue weighted by atomic mass is 16.1. The van der Waals surface area contributed by atoms with Crippen molar-refractivity contribution >= 4 is 16.8 Å². The van der Waals surface area contributed by atoms with Gasteiger partial charge in [0.05, 0.1) is 5.52 Å². The number of para-hydroxylation sites is 1. The van der Waals surface area contributed by atoms with Gasteiger partial charge in [-0.25, -0.2) is 0 Å². The molecule has 1 aromatic heterocycles. The van der Waals surface area contributed by atoms with E-state index in [4.69, 9.17) is 0 Å². The van der Waals surface area contributed by atoms with E-state index < -0.39 is 0 Å². The zero-order chi connectivity index (χ0) is 20.2. The molecular formula is C26H30N2O. The Morgan fingerprint density at radius 2 is 1.79 bits per heavy atom. The Morgan fingerprint density at radius 1 is 1.03 bits per heavy atom. The van der Waals surface area contributed by atoms with Crippen LogP contribution in [0, 0.1) is 19.8 Å². The van der Waals surface area contributed by atoms with Crippen LogP contribution >= 0.6 is 0 Å². The highest BCUT2D eigenvalue weighted by Crippen LogP contribution is 2.56. The summed E-state index contributed by atoms with van der Waals surface area (Å²) in [6.07, 6.45) is 5.78. The van der Waals surface area contributed by atoms with E-state index in [-0.39, 0.29) is 11.6 Å². The molecule has 3 aromatic rings. The number of aromatic nitrogens is 1. The molecule has 2 aliphatic rings. The maximum Gasteiger partial charge on any atom is 0.218 e. The molecule has 3 heteroatoms. The summed E-state index contributed by atoms with van der Waals surface area (Å²) in [4.78, 5) is 12.5. The average molecular weight is 387 g/mol. The third kappa shape index (κ3) is 2.67. The van der Waals surface area contributed by atoms with E-state index in [9.17, 15) is 4.79 Å². The molecule has 3 nitrogen and oxygen atoms in total. The predicted molar refractivity (Wildman–Crippen MR) is 118 cm³/mol. The van der Waals surface area contributed by atoms with Crippen LogP contribution in [0.3, 0.4) is 0 Å². The second-order valence-electron chi connectivity index (χ2n) is 9.06. The molecule has 150 valence electrons.